The lowest BCUT2D eigenvalue weighted by molar-refractivity contribution is 0.102. The van der Waals surface area contributed by atoms with Crippen LogP contribution in [0.3, 0.4) is 0 Å². The number of carbonyl (C=O) groups is 1. The summed E-state index contributed by atoms with van der Waals surface area (Å²) in [6.07, 6.45) is 3.15. The molecule has 1 aliphatic rings. The summed E-state index contributed by atoms with van der Waals surface area (Å²) in [6, 6.07) is 6.26. The number of methoxy groups -OCH3 is 1. The number of anilines is 2. The number of ether oxygens (including phenoxy) is 1. The number of piperidine rings is 1. The van der Waals surface area contributed by atoms with Crippen molar-refractivity contribution in [1.29, 1.82) is 0 Å². The van der Waals surface area contributed by atoms with E-state index in [0.29, 0.717) is 42.0 Å². The average Bonchev–Trinajstić information content (AvgIpc) is 3.32. The number of nitrogens with zero attached hydrogens (tertiary/aromatic N) is 5. The zero-order valence-corrected chi connectivity index (χ0v) is 21.0. The van der Waals surface area contributed by atoms with E-state index in [-0.39, 0.29) is 22.9 Å². The van der Waals surface area contributed by atoms with Crippen LogP contribution in [0.2, 0.25) is 0 Å². The molecule has 0 unspecified atom stereocenters. The number of carbonyl (C=O) groups excluding carboxylic acids is 1. The first kappa shape index (κ1) is 26.4. The van der Waals surface area contributed by atoms with Gasteiger partial charge in [-0.25, -0.2) is 13.2 Å². The van der Waals surface area contributed by atoms with Crippen molar-refractivity contribution in [3.63, 3.8) is 0 Å². The normalized spacial score (nSPS) is 15.6. The van der Waals surface area contributed by atoms with Gasteiger partial charge < -0.3 is 20.7 Å². The molecule has 5 rings (SSSR count). The van der Waals surface area contributed by atoms with Crippen LogP contribution < -0.4 is 21.5 Å². The predicted molar refractivity (Wildman–Crippen MR) is 139 cm³/mol. The molecule has 2 aromatic carbocycles. The molecule has 3 heterocycles. The number of amides is 1. The lowest BCUT2D eigenvalue weighted by atomic mass is 10.0. The molecular formula is C26H26F3N7O3. The molecule has 0 radical (unpaired) electrons. The minimum atomic E-state index is -1.02. The van der Waals surface area contributed by atoms with Crippen molar-refractivity contribution < 1.29 is 22.7 Å². The van der Waals surface area contributed by atoms with Crippen molar-refractivity contribution >= 4 is 28.2 Å². The first-order valence-corrected chi connectivity index (χ1v) is 12.3. The van der Waals surface area contributed by atoms with Gasteiger partial charge in [-0.05, 0) is 31.0 Å². The lowest BCUT2D eigenvalue weighted by Crippen LogP contribution is -2.43. The Hall–Kier alpha value is -4.23. The van der Waals surface area contributed by atoms with Crippen LogP contribution >= 0.6 is 0 Å². The Labute approximate surface area is 220 Å². The number of hydrogen-bond acceptors (Lipinski definition) is 7. The molecule has 3 N–H and O–H groups in total. The maximum absolute atomic E-state index is 15.4. The average molecular weight is 542 g/mol. The summed E-state index contributed by atoms with van der Waals surface area (Å²) >= 11 is 0. The Morgan fingerprint density at radius 3 is 2.64 bits per heavy atom. The number of nitrogens with two attached hydrogens (primary N) is 1. The number of fused-ring (bicyclic) bond motifs is 1. The second-order valence-corrected chi connectivity index (χ2v) is 9.22. The minimum absolute atomic E-state index is 0.119. The standard InChI is InChI=1S/C26H26F3N7O3/c1-39-11-10-35-23-16(13-31-35)24(34-9-3-4-15(30)14-34)21(12-19(23)29)32-26(38)20-7-8-22(37)36(33-20)25-17(27)5-2-6-18(25)28/h2,5-8,12-13,15H,3-4,9-11,14,30H2,1H3,(H,32,38)/t15-/m1/s1. The van der Waals surface area contributed by atoms with Crippen molar-refractivity contribution in [3.05, 3.63) is 76.1 Å². The smallest absolute Gasteiger partial charge is 0.276 e. The summed E-state index contributed by atoms with van der Waals surface area (Å²) in [6.45, 7) is 1.74. The lowest BCUT2D eigenvalue weighted by Gasteiger charge is -2.34. The van der Waals surface area contributed by atoms with E-state index in [1.54, 1.807) is 0 Å². The molecule has 1 fully saturated rings. The predicted octanol–water partition coefficient (Wildman–Crippen LogP) is 2.83. The Kier molecular flexibility index (Phi) is 7.35. The molecule has 0 saturated carbocycles. The molecule has 2 aromatic heterocycles. The fourth-order valence-corrected chi connectivity index (χ4v) is 4.79. The summed E-state index contributed by atoms with van der Waals surface area (Å²) in [5, 5.41) is 11.4. The van der Waals surface area contributed by atoms with E-state index in [1.165, 1.54) is 24.1 Å². The minimum Gasteiger partial charge on any atom is -0.383 e. The number of nitrogens with one attached hydrogen (secondary N) is 1. The number of para-hydroxylation sites is 1. The second kappa shape index (κ2) is 10.9. The molecule has 1 saturated heterocycles. The van der Waals surface area contributed by atoms with Gasteiger partial charge in [0.15, 0.2) is 17.5 Å². The van der Waals surface area contributed by atoms with Crippen molar-refractivity contribution in [2.24, 2.45) is 5.73 Å². The van der Waals surface area contributed by atoms with Gasteiger partial charge >= 0.3 is 0 Å². The zero-order chi connectivity index (χ0) is 27.7. The van der Waals surface area contributed by atoms with E-state index in [9.17, 15) is 18.4 Å². The van der Waals surface area contributed by atoms with E-state index >= 15 is 4.39 Å². The molecule has 0 spiro atoms. The van der Waals surface area contributed by atoms with Crippen LogP contribution in [0.1, 0.15) is 23.3 Å². The second-order valence-electron chi connectivity index (χ2n) is 9.22. The third kappa shape index (κ3) is 5.10. The van der Waals surface area contributed by atoms with Crippen LogP contribution in [0.4, 0.5) is 24.5 Å². The fourth-order valence-electron chi connectivity index (χ4n) is 4.79. The third-order valence-electron chi connectivity index (χ3n) is 6.56. The highest BCUT2D eigenvalue weighted by Crippen LogP contribution is 2.38. The molecule has 4 aromatic rings. The van der Waals surface area contributed by atoms with E-state index in [2.05, 4.69) is 15.5 Å². The van der Waals surface area contributed by atoms with Crippen LogP contribution in [0, 0.1) is 17.5 Å². The van der Waals surface area contributed by atoms with Gasteiger partial charge in [-0.2, -0.15) is 14.9 Å². The summed E-state index contributed by atoms with van der Waals surface area (Å²) < 4.78 is 51.2. The number of aromatic nitrogens is 4. The van der Waals surface area contributed by atoms with Crippen molar-refractivity contribution in [2.45, 2.75) is 25.4 Å². The van der Waals surface area contributed by atoms with Gasteiger partial charge in [0.2, 0.25) is 0 Å². The molecule has 39 heavy (non-hydrogen) atoms. The number of rotatable bonds is 7. The Morgan fingerprint density at radius 1 is 1.15 bits per heavy atom. The summed E-state index contributed by atoms with van der Waals surface area (Å²) in [7, 11) is 1.54. The van der Waals surface area contributed by atoms with Gasteiger partial charge in [-0.15, -0.1) is 0 Å². The van der Waals surface area contributed by atoms with Gasteiger partial charge in [0, 0.05) is 43.8 Å². The highest BCUT2D eigenvalue weighted by molar-refractivity contribution is 6.09. The largest absolute Gasteiger partial charge is 0.383 e. The highest BCUT2D eigenvalue weighted by Gasteiger charge is 2.26. The molecule has 13 heteroatoms. The van der Waals surface area contributed by atoms with Gasteiger partial charge in [-0.1, -0.05) is 6.07 Å². The van der Waals surface area contributed by atoms with Gasteiger partial charge in [0.25, 0.3) is 11.5 Å². The van der Waals surface area contributed by atoms with E-state index in [4.69, 9.17) is 10.5 Å². The molecule has 1 aliphatic heterocycles. The van der Waals surface area contributed by atoms with Crippen LogP contribution in [0.15, 0.2) is 47.4 Å². The van der Waals surface area contributed by atoms with Gasteiger partial charge in [0.05, 0.1) is 30.7 Å². The maximum Gasteiger partial charge on any atom is 0.276 e. The number of benzene rings is 2. The molecule has 0 aliphatic carbocycles. The van der Waals surface area contributed by atoms with Crippen LogP contribution in [-0.2, 0) is 11.3 Å². The van der Waals surface area contributed by atoms with Crippen LogP contribution in [0.25, 0.3) is 16.6 Å². The zero-order valence-electron chi connectivity index (χ0n) is 21.0. The van der Waals surface area contributed by atoms with Crippen LogP contribution in [0.5, 0.6) is 0 Å². The fraction of sp³-hybridized carbons (Fsp3) is 0.308. The van der Waals surface area contributed by atoms with E-state index < -0.39 is 34.6 Å². The Bertz CT molecular complexity index is 1580. The van der Waals surface area contributed by atoms with Crippen molar-refractivity contribution in [2.75, 3.05) is 37.0 Å². The first-order chi connectivity index (χ1) is 18.8. The van der Waals surface area contributed by atoms with Crippen molar-refractivity contribution in [1.82, 2.24) is 19.6 Å². The molecule has 1 amide bonds. The Morgan fingerprint density at radius 2 is 1.92 bits per heavy atom. The van der Waals surface area contributed by atoms with Gasteiger partial charge in [0.1, 0.15) is 16.9 Å². The maximum atomic E-state index is 15.4. The van der Waals surface area contributed by atoms with Crippen LogP contribution in [-0.4, -0.2) is 58.3 Å². The third-order valence-corrected chi connectivity index (χ3v) is 6.56. The quantitative estimate of drug-likeness (QED) is 0.369. The number of hydrogen-bond donors (Lipinski definition) is 2. The molecule has 204 valence electrons. The van der Waals surface area contributed by atoms with Gasteiger partial charge in [-0.3, -0.25) is 14.3 Å². The van der Waals surface area contributed by atoms with Crippen molar-refractivity contribution in [3.8, 4) is 5.69 Å². The summed E-state index contributed by atoms with van der Waals surface area (Å²) in [4.78, 5) is 27.6. The molecule has 1 atom stereocenters. The van der Waals surface area contributed by atoms with E-state index in [1.807, 2.05) is 4.90 Å². The SMILES string of the molecule is COCCn1ncc2c(N3CCC[C@@H](N)C3)c(NC(=O)c3ccc(=O)n(-c4c(F)cccc4F)n3)cc(F)c21. The summed E-state index contributed by atoms with van der Waals surface area (Å²) in [5.41, 5.74) is 5.28. The van der Waals surface area contributed by atoms with E-state index in [0.717, 1.165) is 43.2 Å². The monoisotopic (exact) mass is 541 g/mol. The summed E-state index contributed by atoms with van der Waals surface area (Å²) in [5.74, 6) is -3.48. The highest BCUT2D eigenvalue weighted by atomic mass is 19.1. The topological polar surface area (TPSA) is 120 Å². The molecule has 10 nitrogen and oxygen atoms in total. The molecular weight excluding hydrogens is 515 g/mol. The Balaban J connectivity index is 1.57. The number of halogens is 3. The first-order valence-electron chi connectivity index (χ1n) is 12.3. The molecule has 0 bridgehead atoms.